The van der Waals surface area contributed by atoms with E-state index in [9.17, 15) is 4.79 Å². The molecule has 0 atom stereocenters. The Kier molecular flexibility index (Phi) is 10.0. The van der Waals surface area contributed by atoms with Crippen LogP contribution in [0.4, 0.5) is 0 Å². The van der Waals surface area contributed by atoms with Crippen molar-refractivity contribution in [2.75, 3.05) is 0 Å². The van der Waals surface area contributed by atoms with Crippen molar-refractivity contribution in [3.8, 4) is 0 Å². The zero-order chi connectivity index (χ0) is 18.0. The van der Waals surface area contributed by atoms with Crippen molar-refractivity contribution in [2.45, 2.75) is 86.5 Å². The van der Waals surface area contributed by atoms with Crippen LogP contribution in [0.15, 0.2) is 18.2 Å². The number of benzene rings is 1. The predicted octanol–water partition coefficient (Wildman–Crippen LogP) is 6.81. The molecule has 1 rings (SSSR count). The van der Waals surface area contributed by atoms with Crippen molar-refractivity contribution in [3.63, 3.8) is 0 Å². The van der Waals surface area contributed by atoms with Crippen LogP contribution in [0.3, 0.4) is 0 Å². The molecule has 0 saturated carbocycles. The number of rotatable bonds is 11. The molecule has 1 aromatic carbocycles. The Morgan fingerprint density at radius 1 is 0.917 bits per heavy atom. The van der Waals surface area contributed by atoms with Crippen molar-refractivity contribution < 1.29 is 7.87 Å². The summed E-state index contributed by atoms with van der Waals surface area (Å²) in [7, 11) is 0. The molecule has 3 heteroatoms. The fraction of sp³-hybridized carbons (Fsp3) is 0.667. The predicted molar refractivity (Wildman–Crippen MR) is 106 cm³/mol. The van der Waals surface area contributed by atoms with E-state index >= 15 is 0 Å². The van der Waals surface area contributed by atoms with E-state index in [0.717, 1.165) is 11.1 Å². The number of aryl methyl sites for hydroxylation is 1. The van der Waals surface area contributed by atoms with Crippen LogP contribution in [0.25, 0.3) is 0 Å². The van der Waals surface area contributed by atoms with Crippen molar-refractivity contribution in [1.82, 2.24) is 0 Å². The first kappa shape index (κ1) is 21.5. The zero-order valence-corrected chi connectivity index (χ0v) is 19.3. The SMILES string of the molecule is CCC[CH2][Sn]([CH2]CCC)([CH2]CCC)[O]C(=O)c1cccc(C)c1C. The number of hydrogen-bond donors (Lipinski definition) is 0. The molecule has 0 heterocycles. The van der Waals surface area contributed by atoms with Gasteiger partial charge in [0.2, 0.25) is 0 Å². The van der Waals surface area contributed by atoms with E-state index in [-0.39, 0.29) is 5.97 Å². The van der Waals surface area contributed by atoms with E-state index in [1.54, 1.807) is 0 Å². The summed E-state index contributed by atoms with van der Waals surface area (Å²) in [6.07, 6.45) is 7.21. The van der Waals surface area contributed by atoms with Gasteiger partial charge in [0.15, 0.2) is 0 Å². The molecule has 0 saturated heterocycles. The number of carbonyl (C=O) groups is 1. The third kappa shape index (κ3) is 6.42. The number of unbranched alkanes of at least 4 members (excludes halogenated alkanes) is 3. The molecule has 0 aliphatic heterocycles. The minimum absolute atomic E-state index is 0.0460. The van der Waals surface area contributed by atoms with Crippen LogP contribution in [0, 0.1) is 13.8 Å². The first-order valence-electron chi connectivity index (χ1n) is 9.79. The normalized spacial score (nSPS) is 11.5. The summed E-state index contributed by atoms with van der Waals surface area (Å²) in [6, 6.07) is 5.97. The molecule has 1 aromatic rings. The van der Waals surface area contributed by atoms with Crippen molar-refractivity contribution in [2.24, 2.45) is 0 Å². The fourth-order valence-corrected chi connectivity index (χ4v) is 16.2. The standard InChI is InChI=1S/C9H10O2.3C4H9.Sn/c1-6-4-3-5-8(7(6)2)9(10)11;3*1-3-4-2;/h3-5H,1-2H3,(H,10,11);3*1,3-4H2,2H3;/q;;;;+1/p-1. The van der Waals surface area contributed by atoms with Gasteiger partial charge in [-0.3, -0.25) is 0 Å². The van der Waals surface area contributed by atoms with Gasteiger partial charge in [0.25, 0.3) is 0 Å². The molecular formula is C21H36O2Sn. The summed E-state index contributed by atoms with van der Waals surface area (Å²) < 4.78 is 10.0. The summed E-state index contributed by atoms with van der Waals surface area (Å²) in [5.41, 5.74) is 3.02. The topological polar surface area (TPSA) is 26.3 Å². The number of hydrogen-bond acceptors (Lipinski definition) is 2. The van der Waals surface area contributed by atoms with E-state index in [2.05, 4.69) is 33.8 Å². The van der Waals surface area contributed by atoms with Gasteiger partial charge in [-0.05, 0) is 0 Å². The van der Waals surface area contributed by atoms with Gasteiger partial charge in [-0.1, -0.05) is 0 Å². The monoisotopic (exact) mass is 440 g/mol. The van der Waals surface area contributed by atoms with E-state index in [4.69, 9.17) is 3.07 Å². The molecule has 0 aromatic heterocycles. The molecule has 0 spiro atoms. The number of carbonyl (C=O) groups excluding carboxylic acids is 1. The summed E-state index contributed by atoms with van der Waals surface area (Å²) >= 11 is -2.87. The maximum absolute atomic E-state index is 13.0. The molecule has 0 unspecified atom stereocenters. The molecule has 2 nitrogen and oxygen atoms in total. The summed E-state index contributed by atoms with van der Waals surface area (Å²) in [5, 5.41) is 0. The van der Waals surface area contributed by atoms with Gasteiger partial charge >= 0.3 is 154 Å². The van der Waals surface area contributed by atoms with E-state index < -0.39 is 18.8 Å². The van der Waals surface area contributed by atoms with Gasteiger partial charge in [-0.15, -0.1) is 0 Å². The summed E-state index contributed by atoms with van der Waals surface area (Å²) in [5.74, 6) is -0.0460. The second kappa shape index (κ2) is 11.2. The molecule has 0 aliphatic rings. The Morgan fingerprint density at radius 2 is 1.42 bits per heavy atom. The Balaban J connectivity index is 3.02. The third-order valence-electron chi connectivity index (χ3n) is 5.09. The Morgan fingerprint density at radius 3 is 1.88 bits per heavy atom. The Hall–Kier alpha value is -0.511. The molecule has 0 amide bonds. The molecule has 0 bridgehead atoms. The molecule has 0 N–H and O–H groups in total. The van der Waals surface area contributed by atoms with Crippen LogP contribution in [0.2, 0.25) is 13.3 Å². The van der Waals surface area contributed by atoms with Gasteiger partial charge in [-0.2, -0.15) is 0 Å². The Labute approximate surface area is 153 Å². The van der Waals surface area contributed by atoms with Crippen LogP contribution < -0.4 is 0 Å². The van der Waals surface area contributed by atoms with Crippen LogP contribution >= 0.6 is 0 Å². The average molecular weight is 439 g/mol. The van der Waals surface area contributed by atoms with Crippen LogP contribution in [-0.2, 0) is 3.07 Å². The molecule has 136 valence electrons. The Bertz CT molecular complexity index is 489. The second-order valence-electron chi connectivity index (χ2n) is 7.13. The van der Waals surface area contributed by atoms with Gasteiger partial charge in [0.05, 0.1) is 0 Å². The van der Waals surface area contributed by atoms with Crippen LogP contribution in [0.5, 0.6) is 0 Å². The average Bonchev–Trinajstić information content (AvgIpc) is 2.58. The first-order valence-corrected chi connectivity index (χ1v) is 17.0. The van der Waals surface area contributed by atoms with Gasteiger partial charge < -0.3 is 0 Å². The van der Waals surface area contributed by atoms with Crippen molar-refractivity contribution >= 4 is 24.8 Å². The maximum atomic E-state index is 13.0. The van der Waals surface area contributed by atoms with Crippen LogP contribution in [0.1, 0.15) is 80.8 Å². The molecule has 0 aliphatic carbocycles. The summed E-state index contributed by atoms with van der Waals surface area (Å²) in [4.78, 5) is 13.0. The van der Waals surface area contributed by atoms with Gasteiger partial charge in [0, 0.05) is 0 Å². The van der Waals surface area contributed by atoms with Crippen LogP contribution in [-0.4, -0.2) is 24.8 Å². The third-order valence-corrected chi connectivity index (χ3v) is 17.7. The van der Waals surface area contributed by atoms with Crippen molar-refractivity contribution in [1.29, 1.82) is 0 Å². The van der Waals surface area contributed by atoms with E-state index in [1.165, 1.54) is 57.4 Å². The van der Waals surface area contributed by atoms with Crippen molar-refractivity contribution in [3.05, 3.63) is 34.9 Å². The first-order chi connectivity index (χ1) is 11.5. The second-order valence-corrected chi connectivity index (χ2v) is 18.7. The molecule has 0 radical (unpaired) electrons. The quantitative estimate of drug-likeness (QED) is 0.355. The van der Waals surface area contributed by atoms with Gasteiger partial charge in [-0.25, -0.2) is 0 Å². The summed E-state index contributed by atoms with van der Waals surface area (Å²) in [6.45, 7) is 10.8. The minimum atomic E-state index is -2.87. The molecular weight excluding hydrogens is 403 g/mol. The molecule has 24 heavy (non-hydrogen) atoms. The van der Waals surface area contributed by atoms with E-state index in [1.807, 2.05) is 19.1 Å². The van der Waals surface area contributed by atoms with E-state index in [0.29, 0.717) is 0 Å². The fourth-order valence-electron chi connectivity index (χ4n) is 3.25. The van der Waals surface area contributed by atoms with Gasteiger partial charge in [0.1, 0.15) is 0 Å². The zero-order valence-electron chi connectivity index (χ0n) is 16.4. The molecule has 0 fully saturated rings.